The Labute approximate surface area is 108 Å². The second-order valence-electron chi connectivity index (χ2n) is 2.93. The molecule has 0 fully saturated rings. The molecule has 0 aliphatic carbocycles. The van der Waals surface area contributed by atoms with Crippen LogP contribution in [0.5, 0.6) is 0 Å². The number of hydrogen-bond donors (Lipinski definition) is 1. The fourth-order valence-corrected chi connectivity index (χ4v) is 2.41. The summed E-state index contributed by atoms with van der Waals surface area (Å²) >= 11 is 11.4. The standard InChI is InChI=1S/C8H8Cl2N4O2S/c9-7-2-1-6(5-8(7)10)17(15,16)13-4-3-12-14-11/h1-2,5,13H,3-4H2. The maximum Gasteiger partial charge on any atom is 0.240 e. The van der Waals surface area contributed by atoms with Crippen LogP contribution in [-0.2, 0) is 10.0 Å². The van der Waals surface area contributed by atoms with Gasteiger partial charge in [0.05, 0.1) is 14.9 Å². The van der Waals surface area contributed by atoms with Crippen molar-refractivity contribution >= 4 is 33.2 Å². The molecule has 1 aromatic rings. The van der Waals surface area contributed by atoms with Gasteiger partial charge in [0.2, 0.25) is 10.0 Å². The lowest BCUT2D eigenvalue weighted by Gasteiger charge is -2.06. The van der Waals surface area contributed by atoms with Gasteiger partial charge in [0.1, 0.15) is 0 Å². The van der Waals surface area contributed by atoms with Gasteiger partial charge in [-0.05, 0) is 23.7 Å². The van der Waals surface area contributed by atoms with Crippen LogP contribution >= 0.6 is 23.2 Å². The summed E-state index contributed by atoms with van der Waals surface area (Å²) in [4.78, 5) is 2.51. The molecule has 0 saturated carbocycles. The number of sulfonamides is 1. The van der Waals surface area contributed by atoms with Crippen molar-refractivity contribution in [3.8, 4) is 0 Å². The fraction of sp³-hybridized carbons (Fsp3) is 0.250. The normalized spacial score (nSPS) is 10.9. The molecule has 0 unspecified atom stereocenters. The van der Waals surface area contributed by atoms with Crippen LogP contribution in [0.1, 0.15) is 0 Å². The Balaban J connectivity index is 2.82. The average molecular weight is 295 g/mol. The van der Waals surface area contributed by atoms with E-state index in [1.54, 1.807) is 0 Å². The second kappa shape index (κ2) is 6.09. The van der Waals surface area contributed by atoms with Crippen molar-refractivity contribution < 1.29 is 8.42 Å². The topological polar surface area (TPSA) is 94.9 Å². The van der Waals surface area contributed by atoms with Crippen molar-refractivity contribution in [1.82, 2.24) is 4.72 Å². The van der Waals surface area contributed by atoms with Gasteiger partial charge in [0.15, 0.2) is 0 Å². The molecule has 0 radical (unpaired) electrons. The van der Waals surface area contributed by atoms with Crippen molar-refractivity contribution in [3.05, 3.63) is 38.7 Å². The molecule has 9 heteroatoms. The van der Waals surface area contributed by atoms with E-state index in [4.69, 9.17) is 28.7 Å². The third-order valence-corrected chi connectivity index (χ3v) is 3.97. The molecule has 0 heterocycles. The summed E-state index contributed by atoms with van der Waals surface area (Å²) in [7, 11) is -3.66. The smallest absolute Gasteiger partial charge is 0.211 e. The lowest BCUT2D eigenvalue weighted by molar-refractivity contribution is 0.582. The van der Waals surface area contributed by atoms with E-state index in [-0.39, 0.29) is 28.0 Å². The Morgan fingerprint density at radius 1 is 1.35 bits per heavy atom. The zero-order chi connectivity index (χ0) is 12.9. The monoisotopic (exact) mass is 294 g/mol. The first-order valence-corrected chi connectivity index (χ1v) is 6.67. The number of rotatable bonds is 5. The molecule has 1 rings (SSSR count). The first-order valence-electron chi connectivity index (χ1n) is 4.43. The van der Waals surface area contributed by atoms with Gasteiger partial charge in [0, 0.05) is 18.0 Å². The molecule has 0 aliphatic rings. The van der Waals surface area contributed by atoms with Crippen LogP contribution in [0, 0.1) is 0 Å². The van der Waals surface area contributed by atoms with E-state index >= 15 is 0 Å². The predicted octanol–water partition coefficient (Wildman–Crippen LogP) is 2.58. The number of halogens is 2. The zero-order valence-electron chi connectivity index (χ0n) is 8.47. The van der Waals surface area contributed by atoms with Gasteiger partial charge in [0.25, 0.3) is 0 Å². The Kier molecular flexibility index (Phi) is 5.04. The largest absolute Gasteiger partial charge is 0.240 e. The number of hydrogen-bond acceptors (Lipinski definition) is 3. The third-order valence-electron chi connectivity index (χ3n) is 1.77. The van der Waals surface area contributed by atoms with Crippen LogP contribution in [-0.4, -0.2) is 21.5 Å². The molecule has 0 saturated heterocycles. The summed E-state index contributed by atoms with van der Waals surface area (Å²) in [6.45, 7) is 0.0592. The first-order chi connectivity index (χ1) is 7.97. The van der Waals surface area contributed by atoms with Gasteiger partial charge in [-0.2, -0.15) is 0 Å². The minimum absolute atomic E-state index is 0.00726. The van der Waals surface area contributed by atoms with Gasteiger partial charge in [-0.15, -0.1) is 0 Å². The van der Waals surface area contributed by atoms with Crippen LogP contribution in [0.15, 0.2) is 28.2 Å². The van der Waals surface area contributed by atoms with Crippen LogP contribution in [0.25, 0.3) is 10.4 Å². The molecule has 0 atom stereocenters. The molecule has 0 aliphatic heterocycles. The van der Waals surface area contributed by atoms with Crippen LogP contribution < -0.4 is 4.72 Å². The Bertz CT molecular complexity index is 555. The highest BCUT2D eigenvalue weighted by molar-refractivity contribution is 7.89. The van der Waals surface area contributed by atoms with Crippen molar-refractivity contribution in [1.29, 1.82) is 0 Å². The number of nitrogens with one attached hydrogen (secondary N) is 1. The molecule has 1 aromatic carbocycles. The molecule has 6 nitrogen and oxygen atoms in total. The number of benzene rings is 1. The zero-order valence-corrected chi connectivity index (χ0v) is 10.8. The third kappa shape index (κ3) is 4.07. The first kappa shape index (κ1) is 14.1. The van der Waals surface area contributed by atoms with E-state index in [9.17, 15) is 8.42 Å². The highest BCUT2D eigenvalue weighted by Gasteiger charge is 2.14. The van der Waals surface area contributed by atoms with Crippen LogP contribution in [0.2, 0.25) is 10.0 Å². The van der Waals surface area contributed by atoms with Crippen molar-refractivity contribution in [2.75, 3.05) is 13.1 Å². The van der Waals surface area contributed by atoms with E-state index in [1.807, 2.05) is 0 Å². The van der Waals surface area contributed by atoms with Gasteiger partial charge in [-0.25, -0.2) is 13.1 Å². The summed E-state index contributed by atoms with van der Waals surface area (Å²) in [6, 6.07) is 3.98. The van der Waals surface area contributed by atoms with E-state index < -0.39 is 10.0 Å². The Morgan fingerprint density at radius 2 is 2.06 bits per heavy atom. The summed E-state index contributed by atoms with van der Waals surface area (Å²) < 4.78 is 25.7. The van der Waals surface area contributed by atoms with Crippen molar-refractivity contribution in [2.24, 2.45) is 5.11 Å². The Hall–Kier alpha value is -0.980. The molecule has 0 amide bonds. The van der Waals surface area contributed by atoms with Crippen LogP contribution in [0.4, 0.5) is 0 Å². The van der Waals surface area contributed by atoms with Crippen molar-refractivity contribution in [2.45, 2.75) is 4.90 Å². The van der Waals surface area contributed by atoms with E-state index in [1.165, 1.54) is 18.2 Å². The molecular formula is C8H8Cl2N4O2S. The SMILES string of the molecule is [N-]=[N+]=NCCNS(=O)(=O)c1ccc(Cl)c(Cl)c1. The number of azide groups is 1. The van der Waals surface area contributed by atoms with E-state index in [0.717, 1.165) is 0 Å². The highest BCUT2D eigenvalue weighted by Crippen LogP contribution is 2.24. The maximum atomic E-state index is 11.7. The highest BCUT2D eigenvalue weighted by atomic mass is 35.5. The fourth-order valence-electron chi connectivity index (χ4n) is 1.00. The molecule has 0 aromatic heterocycles. The minimum atomic E-state index is -3.66. The van der Waals surface area contributed by atoms with Gasteiger partial charge in [-0.3, -0.25) is 0 Å². The summed E-state index contributed by atoms with van der Waals surface area (Å²) in [5, 5.41) is 3.64. The summed E-state index contributed by atoms with van der Waals surface area (Å²) in [5.74, 6) is 0. The summed E-state index contributed by atoms with van der Waals surface area (Å²) in [6.07, 6.45) is 0. The molecule has 17 heavy (non-hydrogen) atoms. The van der Waals surface area contributed by atoms with Gasteiger partial charge >= 0.3 is 0 Å². The minimum Gasteiger partial charge on any atom is -0.211 e. The van der Waals surface area contributed by atoms with E-state index in [0.29, 0.717) is 0 Å². The lowest BCUT2D eigenvalue weighted by atomic mass is 10.4. The Morgan fingerprint density at radius 3 is 2.65 bits per heavy atom. The molecule has 0 bridgehead atoms. The quantitative estimate of drug-likeness (QED) is 0.391. The van der Waals surface area contributed by atoms with Crippen LogP contribution in [0.3, 0.4) is 0 Å². The molecule has 0 spiro atoms. The van der Waals surface area contributed by atoms with Gasteiger partial charge in [-0.1, -0.05) is 28.3 Å². The predicted molar refractivity (Wildman–Crippen MR) is 65.7 cm³/mol. The lowest BCUT2D eigenvalue weighted by Crippen LogP contribution is -2.26. The average Bonchev–Trinajstić information content (AvgIpc) is 2.28. The van der Waals surface area contributed by atoms with Gasteiger partial charge < -0.3 is 0 Å². The van der Waals surface area contributed by atoms with E-state index in [2.05, 4.69) is 14.7 Å². The second-order valence-corrected chi connectivity index (χ2v) is 5.51. The molecule has 92 valence electrons. The maximum absolute atomic E-state index is 11.7. The molecular weight excluding hydrogens is 287 g/mol. The van der Waals surface area contributed by atoms with Crippen molar-refractivity contribution in [3.63, 3.8) is 0 Å². The molecule has 1 N–H and O–H groups in total. The number of nitrogens with zero attached hydrogens (tertiary/aromatic N) is 3. The summed E-state index contributed by atoms with van der Waals surface area (Å²) in [5.41, 5.74) is 8.03.